The standard InChI is InChI=1S/C20H20BrN3O3S2/c21-17-10-9-16(29-17)15(25)12-28-20-23-14-7-4-3-6-13(14)19(27)24(20)11-5-1-2-8-18(22)26/h3-4,6-7,9-10H,1-2,5,8,11-12H2,(H2,22,26). The average Bonchev–Trinajstić information content (AvgIpc) is 3.14. The highest BCUT2D eigenvalue weighted by molar-refractivity contribution is 9.11. The molecule has 3 rings (SSSR count). The number of carbonyl (C=O) groups excluding carboxylic acids is 2. The topological polar surface area (TPSA) is 95.1 Å². The van der Waals surface area contributed by atoms with E-state index in [-0.39, 0.29) is 23.0 Å². The fraction of sp³-hybridized carbons (Fsp3) is 0.300. The predicted molar refractivity (Wildman–Crippen MR) is 121 cm³/mol. The molecule has 0 radical (unpaired) electrons. The molecule has 2 heterocycles. The third kappa shape index (κ3) is 5.77. The number of fused-ring (bicyclic) bond motifs is 1. The van der Waals surface area contributed by atoms with Gasteiger partial charge in [0, 0.05) is 13.0 Å². The molecule has 0 spiro atoms. The number of nitrogens with two attached hydrogens (primary N) is 1. The summed E-state index contributed by atoms with van der Waals surface area (Å²) in [4.78, 5) is 41.6. The summed E-state index contributed by atoms with van der Waals surface area (Å²) >= 11 is 6.03. The lowest BCUT2D eigenvalue weighted by Crippen LogP contribution is -2.24. The van der Waals surface area contributed by atoms with E-state index in [1.165, 1.54) is 23.1 Å². The highest BCUT2D eigenvalue weighted by atomic mass is 79.9. The molecule has 152 valence electrons. The molecule has 1 amide bonds. The minimum atomic E-state index is -0.315. The number of thiophene rings is 1. The minimum absolute atomic E-state index is 0.00103. The molecule has 0 aliphatic heterocycles. The number of ketones is 1. The van der Waals surface area contributed by atoms with Crippen molar-refractivity contribution in [3.63, 3.8) is 0 Å². The molecule has 0 aliphatic carbocycles. The number of nitrogens with zero attached hydrogens (tertiary/aromatic N) is 2. The van der Waals surface area contributed by atoms with E-state index in [0.717, 1.165) is 16.6 Å². The molecule has 2 N–H and O–H groups in total. The molecular formula is C20H20BrN3O3S2. The number of primary amides is 1. The van der Waals surface area contributed by atoms with Gasteiger partial charge in [-0.25, -0.2) is 4.98 Å². The second kappa shape index (κ2) is 10.2. The van der Waals surface area contributed by atoms with Crippen molar-refractivity contribution in [1.82, 2.24) is 9.55 Å². The summed E-state index contributed by atoms with van der Waals surface area (Å²) in [7, 11) is 0. The molecule has 0 atom stereocenters. The summed E-state index contributed by atoms with van der Waals surface area (Å²) in [6.07, 6.45) is 2.55. The predicted octanol–water partition coefficient (Wildman–Crippen LogP) is 4.24. The maximum atomic E-state index is 13.0. The Kier molecular flexibility index (Phi) is 7.63. The second-order valence-electron chi connectivity index (χ2n) is 6.46. The molecule has 0 unspecified atom stereocenters. The van der Waals surface area contributed by atoms with E-state index in [0.29, 0.717) is 40.3 Å². The first-order valence-corrected chi connectivity index (χ1v) is 11.7. The Morgan fingerprint density at radius 3 is 2.66 bits per heavy atom. The van der Waals surface area contributed by atoms with Gasteiger partial charge in [0.25, 0.3) is 5.56 Å². The monoisotopic (exact) mass is 493 g/mol. The van der Waals surface area contributed by atoms with Crippen molar-refractivity contribution in [3.8, 4) is 0 Å². The van der Waals surface area contributed by atoms with Crippen LogP contribution in [-0.4, -0.2) is 27.0 Å². The van der Waals surface area contributed by atoms with Crippen LogP contribution in [0.5, 0.6) is 0 Å². The Labute approximate surface area is 184 Å². The molecule has 29 heavy (non-hydrogen) atoms. The number of hydrogen-bond acceptors (Lipinski definition) is 6. The summed E-state index contributed by atoms with van der Waals surface area (Å²) < 4.78 is 2.54. The molecule has 1 aromatic carbocycles. The highest BCUT2D eigenvalue weighted by Gasteiger charge is 2.15. The zero-order chi connectivity index (χ0) is 20.8. The third-order valence-corrected chi connectivity index (χ3v) is 6.95. The van der Waals surface area contributed by atoms with Gasteiger partial charge in [-0.3, -0.25) is 19.0 Å². The van der Waals surface area contributed by atoms with E-state index < -0.39 is 0 Å². The van der Waals surface area contributed by atoms with Crippen LogP contribution >= 0.6 is 39.0 Å². The van der Waals surface area contributed by atoms with E-state index in [4.69, 9.17) is 5.73 Å². The van der Waals surface area contributed by atoms with Crippen molar-refractivity contribution in [1.29, 1.82) is 0 Å². The van der Waals surface area contributed by atoms with E-state index in [2.05, 4.69) is 20.9 Å². The van der Waals surface area contributed by atoms with Crippen molar-refractivity contribution >= 4 is 61.6 Å². The minimum Gasteiger partial charge on any atom is -0.370 e. The molecule has 0 saturated heterocycles. The number of unbranched alkanes of at least 4 members (excludes halogenated alkanes) is 2. The van der Waals surface area contributed by atoms with Gasteiger partial charge in [-0.15, -0.1) is 11.3 Å². The van der Waals surface area contributed by atoms with Gasteiger partial charge in [-0.2, -0.15) is 0 Å². The number of thioether (sulfide) groups is 1. The Hall–Kier alpha value is -1.97. The van der Waals surface area contributed by atoms with E-state index in [9.17, 15) is 14.4 Å². The number of amides is 1. The third-order valence-electron chi connectivity index (χ3n) is 4.31. The molecule has 6 nitrogen and oxygen atoms in total. The van der Waals surface area contributed by atoms with Crippen LogP contribution in [0.3, 0.4) is 0 Å². The summed E-state index contributed by atoms with van der Waals surface area (Å²) in [6.45, 7) is 0.483. The van der Waals surface area contributed by atoms with Crippen LogP contribution in [0.1, 0.15) is 35.4 Å². The van der Waals surface area contributed by atoms with E-state index in [1.54, 1.807) is 22.8 Å². The number of para-hydroxylation sites is 1. The van der Waals surface area contributed by atoms with Crippen LogP contribution < -0.4 is 11.3 Å². The Morgan fingerprint density at radius 1 is 1.14 bits per heavy atom. The Balaban J connectivity index is 1.79. The molecule has 0 aliphatic rings. The second-order valence-corrected chi connectivity index (χ2v) is 9.87. The maximum absolute atomic E-state index is 13.0. The van der Waals surface area contributed by atoms with Crippen LogP contribution in [0, 0.1) is 0 Å². The summed E-state index contributed by atoms with van der Waals surface area (Å²) in [5, 5.41) is 1.09. The molecule has 3 aromatic rings. The van der Waals surface area contributed by atoms with Gasteiger partial charge >= 0.3 is 0 Å². The summed E-state index contributed by atoms with van der Waals surface area (Å²) in [5.41, 5.74) is 5.68. The SMILES string of the molecule is NC(=O)CCCCCn1c(SCC(=O)c2ccc(Br)s2)nc2ccccc2c1=O. The molecule has 0 fully saturated rings. The van der Waals surface area contributed by atoms with Crippen LogP contribution in [0.25, 0.3) is 10.9 Å². The molecular weight excluding hydrogens is 474 g/mol. The fourth-order valence-electron chi connectivity index (χ4n) is 2.87. The maximum Gasteiger partial charge on any atom is 0.262 e. The highest BCUT2D eigenvalue weighted by Crippen LogP contribution is 2.25. The number of benzene rings is 1. The van der Waals surface area contributed by atoms with Crippen molar-refractivity contribution in [2.75, 3.05) is 5.75 Å². The smallest absolute Gasteiger partial charge is 0.262 e. The first-order chi connectivity index (χ1) is 14.0. The number of Topliss-reactive ketones (excluding diaryl/α,β-unsaturated/α-hetero) is 1. The first-order valence-electron chi connectivity index (χ1n) is 9.15. The number of halogens is 1. The lowest BCUT2D eigenvalue weighted by Gasteiger charge is -2.12. The van der Waals surface area contributed by atoms with Gasteiger partial charge in [0.15, 0.2) is 10.9 Å². The van der Waals surface area contributed by atoms with E-state index >= 15 is 0 Å². The lowest BCUT2D eigenvalue weighted by molar-refractivity contribution is -0.118. The molecule has 0 saturated carbocycles. The number of carbonyl (C=O) groups is 2. The van der Waals surface area contributed by atoms with Gasteiger partial charge in [0.2, 0.25) is 5.91 Å². The fourth-order valence-corrected chi connectivity index (χ4v) is 5.19. The summed E-state index contributed by atoms with van der Waals surface area (Å²) in [6, 6.07) is 10.8. The number of hydrogen-bond donors (Lipinski definition) is 1. The lowest BCUT2D eigenvalue weighted by atomic mass is 10.2. The van der Waals surface area contributed by atoms with E-state index in [1.807, 2.05) is 18.2 Å². The number of rotatable bonds is 10. The largest absolute Gasteiger partial charge is 0.370 e. The molecule has 9 heteroatoms. The molecule has 0 bridgehead atoms. The van der Waals surface area contributed by atoms with Crippen molar-refractivity contribution in [3.05, 3.63) is 55.4 Å². The van der Waals surface area contributed by atoms with Gasteiger partial charge in [-0.1, -0.05) is 30.3 Å². The van der Waals surface area contributed by atoms with Crippen LogP contribution in [0.15, 0.2) is 50.1 Å². The van der Waals surface area contributed by atoms with Crippen LogP contribution in [0.2, 0.25) is 0 Å². The Bertz CT molecular complexity index is 1090. The zero-order valence-electron chi connectivity index (χ0n) is 15.6. The average molecular weight is 494 g/mol. The molecule has 2 aromatic heterocycles. The normalized spacial score (nSPS) is 11.1. The van der Waals surface area contributed by atoms with Crippen LogP contribution in [-0.2, 0) is 11.3 Å². The van der Waals surface area contributed by atoms with Gasteiger partial charge in [0.05, 0.1) is 25.3 Å². The van der Waals surface area contributed by atoms with Gasteiger partial charge in [0.1, 0.15) is 0 Å². The van der Waals surface area contributed by atoms with Crippen molar-refractivity contribution in [2.45, 2.75) is 37.4 Å². The number of aromatic nitrogens is 2. The van der Waals surface area contributed by atoms with Crippen LogP contribution in [0.4, 0.5) is 0 Å². The van der Waals surface area contributed by atoms with Gasteiger partial charge < -0.3 is 5.73 Å². The first kappa shape index (κ1) is 21.7. The summed E-state index contributed by atoms with van der Waals surface area (Å²) in [5.74, 6) is -0.106. The quantitative estimate of drug-likeness (QED) is 0.197. The van der Waals surface area contributed by atoms with Crippen molar-refractivity contribution in [2.24, 2.45) is 5.73 Å². The van der Waals surface area contributed by atoms with Gasteiger partial charge in [-0.05, 0) is 53.0 Å². The zero-order valence-corrected chi connectivity index (χ0v) is 18.8. The Morgan fingerprint density at radius 2 is 1.93 bits per heavy atom. The van der Waals surface area contributed by atoms with Crippen molar-refractivity contribution < 1.29 is 9.59 Å².